The average Bonchev–Trinajstić information content (AvgIpc) is 2.73. The van der Waals surface area contributed by atoms with Crippen LogP contribution in [0.15, 0.2) is 0 Å². The monoisotopic (exact) mass is 229 g/mol. The molecule has 0 bridgehead atoms. The number of hydrogen-bond donors (Lipinski definition) is 1. The summed E-state index contributed by atoms with van der Waals surface area (Å²) in [4.78, 5) is 2.44. The van der Waals surface area contributed by atoms with Gasteiger partial charge in [0, 0.05) is 19.6 Å². The standard InChI is InChI=1S/C12H23NO3/c14-7-10-15-8-5-13-6-9-16-12(11-13)3-1-2-4-12/h14H,1-11H2. The van der Waals surface area contributed by atoms with Gasteiger partial charge in [0.15, 0.2) is 0 Å². The predicted octanol–water partition coefficient (Wildman–Crippen LogP) is 0.640. The molecule has 1 saturated heterocycles. The molecule has 2 rings (SSSR count). The lowest BCUT2D eigenvalue weighted by Gasteiger charge is -2.40. The fourth-order valence-corrected chi connectivity index (χ4v) is 2.80. The zero-order valence-corrected chi connectivity index (χ0v) is 9.99. The van der Waals surface area contributed by atoms with Gasteiger partial charge < -0.3 is 14.6 Å². The van der Waals surface area contributed by atoms with Crippen molar-refractivity contribution in [1.82, 2.24) is 4.90 Å². The Bertz CT molecular complexity index is 204. The van der Waals surface area contributed by atoms with Crippen molar-refractivity contribution in [2.75, 3.05) is 46.1 Å². The number of nitrogens with zero attached hydrogens (tertiary/aromatic N) is 1. The Morgan fingerprint density at radius 1 is 1.25 bits per heavy atom. The Morgan fingerprint density at radius 2 is 2.06 bits per heavy atom. The minimum atomic E-state index is 0.118. The highest BCUT2D eigenvalue weighted by Crippen LogP contribution is 2.35. The van der Waals surface area contributed by atoms with E-state index in [2.05, 4.69) is 4.90 Å². The van der Waals surface area contributed by atoms with Crippen LogP contribution in [-0.4, -0.2) is 61.7 Å². The summed E-state index contributed by atoms with van der Waals surface area (Å²) >= 11 is 0. The normalized spacial score (nSPS) is 25.3. The van der Waals surface area contributed by atoms with Gasteiger partial charge in [0.25, 0.3) is 0 Å². The first-order valence-electron chi connectivity index (χ1n) is 6.40. The van der Waals surface area contributed by atoms with Gasteiger partial charge in [0.2, 0.25) is 0 Å². The lowest BCUT2D eigenvalue weighted by molar-refractivity contribution is -0.108. The van der Waals surface area contributed by atoms with Crippen LogP contribution in [0.3, 0.4) is 0 Å². The van der Waals surface area contributed by atoms with E-state index in [4.69, 9.17) is 14.6 Å². The lowest BCUT2D eigenvalue weighted by atomic mass is 10.00. The molecule has 16 heavy (non-hydrogen) atoms. The molecule has 1 spiro atoms. The summed E-state index contributed by atoms with van der Waals surface area (Å²) in [6.07, 6.45) is 5.08. The summed E-state index contributed by atoms with van der Waals surface area (Å²) in [6.45, 7) is 5.20. The Kier molecular flexibility index (Phi) is 4.58. The molecule has 1 aliphatic heterocycles. The molecule has 2 fully saturated rings. The summed E-state index contributed by atoms with van der Waals surface area (Å²) in [5.41, 5.74) is 0.162. The molecule has 0 aromatic rings. The van der Waals surface area contributed by atoms with Gasteiger partial charge in [-0.05, 0) is 12.8 Å². The first kappa shape index (κ1) is 12.3. The topological polar surface area (TPSA) is 41.9 Å². The maximum Gasteiger partial charge on any atom is 0.0809 e. The van der Waals surface area contributed by atoms with Gasteiger partial charge in [-0.25, -0.2) is 0 Å². The van der Waals surface area contributed by atoms with E-state index < -0.39 is 0 Å². The van der Waals surface area contributed by atoms with Gasteiger partial charge in [-0.15, -0.1) is 0 Å². The van der Waals surface area contributed by atoms with Crippen LogP contribution in [0.4, 0.5) is 0 Å². The van der Waals surface area contributed by atoms with E-state index in [9.17, 15) is 0 Å². The van der Waals surface area contributed by atoms with Crippen LogP contribution in [-0.2, 0) is 9.47 Å². The van der Waals surface area contributed by atoms with Crippen LogP contribution >= 0.6 is 0 Å². The van der Waals surface area contributed by atoms with Crippen molar-refractivity contribution in [1.29, 1.82) is 0 Å². The van der Waals surface area contributed by atoms with Gasteiger partial charge in [-0.2, -0.15) is 0 Å². The number of aliphatic hydroxyl groups is 1. The van der Waals surface area contributed by atoms with E-state index in [1.165, 1.54) is 25.7 Å². The lowest BCUT2D eigenvalue weighted by Crippen LogP contribution is -2.51. The van der Waals surface area contributed by atoms with Crippen molar-refractivity contribution in [2.45, 2.75) is 31.3 Å². The molecular formula is C12H23NO3. The van der Waals surface area contributed by atoms with Crippen molar-refractivity contribution >= 4 is 0 Å². The molecule has 1 saturated carbocycles. The number of morpholine rings is 1. The third kappa shape index (κ3) is 3.17. The first-order valence-corrected chi connectivity index (χ1v) is 6.40. The summed E-state index contributed by atoms with van der Waals surface area (Å²) in [5, 5.41) is 8.61. The zero-order valence-electron chi connectivity index (χ0n) is 9.99. The highest BCUT2D eigenvalue weighted by molar-refractivity contribution is 4.91. The molecule has 0 radical (unpaired) electrons. The van der Waals surface area contributed by atoms with Gasteiger partial charge >= 0.3 is 0 Å². The van der Waals surface area contributed by atoms with Gasteiger partial charge in [0.05, 0.1) is 32.0 Å². The van der Waals surface area contributed by atoms with Crippen LogP contribution in [0.1, 0.15) is 25.7 Å². The molecule has 1 aliphatic carbocycles. The van der Waals surface area contributed by atoms with Crippen molar-refractivity contribution in [3.05, 3.63) is 0 Å². The molecule has 0 atom stereocenters. The maximum atomic E-state index is 8.61. The molecule has 4 heteroatoms. The summed E-state index contributed by atoms with van der Waals surface area (Å²) in [5.74, 6) is 0. The third-order valence-corrected chi connectivity index (χ3v) is 3.63. The summed E-state index contributed by atoms with van der Waals surface area (Å²) in [6, 6.07) is 0. The Morgan fingerprint density at radius 3 is 2.81 bits per heavy atom. The van der Waals surface area contributed by atoms with Crippen LogP contribution in [0.2, 0.25) is 0 Å². The third-order valence-electron chi connectivity index (χ3n) is 3.63. The highest BCUT2D eigenvalue weighted by atomic mass is 16.5. The van der Waals surface area contributed by atoms with Crippen molar-refractivity contribution in [3.8, 4) is 0 Å². The van der Waals surface area contributed by atoms with Crippen LogP contribution < -0.4 is 0 Å². The smallest absolute Gasteiger partial charge is 0.0809 e. The molecule has 0 unspecified atom stereocenters. The maximum absolute atomic E-state index is 8.61. The molecule has 94 valence electrons. The quantitative estimate of drug-likeness (QED) is 0.703. The highest BCUT2D eigenvalue weighted by Gasteiger charge is 2.38. The van der Waals surface area contributed by atoms with Crippen LogP contribution in [0.25, 0.3) is 0 Å². The van der Waals surface area contributed by atoms with Crippen molar-refractivity contribution < 1.29 is 14.6 Å². The summed E-state index contributed by atoms with van der Waals surface area (Å²) < 4.78 is 11.3. The van der Waals surface area contributed by atoms with E-state index >= 15 is 0 Å². The van der Waals surface area contributed by atoms with Gasteiger partial charge in [0.1, 0.15) is 0 Å². The summed E-state index contributed by atoms with van der Waals surface area (Å²) in [7, 11) is 0. The van der Waals surface area contributed by atoms with E-state index in [1.807, 2.05) is 0 Å². The Labute approximate surface area is 97.5 Å². The fraction of sp³-hybridized carbons (Fsp3) is 1.00. The largest absolute Gasteiger partial charge is 0.394 e. The van der Waals surface area contributed by atoms with Gasteiger partial charge in [-0.1, -0.05) is 12.8 Å². The first-order chi connectivity index (χ1) is 7.85. The predicted molar refractivity (Wildman–Crippen MR) is 61.5 cm³/mol. The molecule has 4 nitrogen and oxygen atoms in total. The second-order valence-electron chi connectivity index (χ2n) is 4.85. The molecule has 1 heterocycles. The minimum Gasteiger partial charge on any atom is -0.394 e. The van der Waals surface area contributed by atoms with E-state index in [0.717, 1.165) is 32.8 Å². The molecule has 0 amide bonds. The molecular weight excluding hydrogens is 206 g/mol. The second-order valence-corrected chi connectivity index (χ2v) is 4.85. The van der Waals surface area contributed by atoms with Crippen molar-refractivity contribution in [2.24, 2.45) is 0 Å². The average molecular weight is 229 g/mol. The molecule has 0 aromatic heterocycles. The zero-order chi connectivity index (χ0) is 11.3. The van der Waals surface area contributed by atoms with Crippen LogP contribution in [0, 0.1) is 0 Å². The van der Waals surface area contributed by atoms with Crippen molar-refractivity contribution in [3.63, 3.8) is 0 Å². The minimum absolute atomic E-state index is 0.118. The Balaban J connectivity index is 1.70. The van der Waals surface area contributed by atoms with E-state index in [1.54, 1.807) is 0 Å². The van der Waals surface area contributed by atoms with E-state index in [-0.39, 0.29) is 12.2 Å². The number of aliphatic hydroxyl groups excluding tert-OH is 1. The molecule has 0 aromatic carbocycles. The SMILES string of the molecule is OCCOCCN1CCOC2(CCCC2)C1. The van der Waals surface area contributed by atoms with E-state index in [0.29, 0.717) is 6.61 Å². The number of rotatable bonds is 5. The van der Waals surface area contributed by atoms with Crippen LogP contribution in [0.5, 0.6) is 0 Å². The van der Waals surface area contributed by atoms with Gasteiger partial charge in [-0.3, -0.25) is 4.90 Å². The number of hydrogen-bond acceptors (Lipinski definition) is 4. The second kappa shape index (κ2) is 5.96. The molecule has 1 N–H and O–H groups in total. The fourth-order valence-electron chi connectivity index (χ4n) is 2.80. The number of ether oxygens (including phenoxy) is 2. The molecule has 2 aliphatic rings. The Hall–Kier alpha value is -0.160.